The normalized spacial score (nSPS) is 17.1. The van der Waals surface area contributed by atoms with Crippen LogP contribution in [-0.2, 0) is 0 Å². The van der Waals surface area contributed by atoms with Crippen LogP contribution in [0.25, 0.3) is 0 Å². The maximum atomic E-state index is 7.18. The molecule has 1 aliphatic rings. The molecule has 0 saturated carbocycles. The van der Waals surface area contributed by atoms with E-state index in [1.54, 1.807) is 0 Å². The molecular weight excluding hydrogens is 324 g/mol. The highest BCUT2D eigenvalue weighted by Crippen LogP contribution is 2.16. The Balaban J connectivity index is 0.00000178. The van der Waals surface area contributed by atoms with Crippen molar-refractivity contribution < 1.29 is 0 Å². The lowest BCUT2D eigenvalue weighted by Crippen LogP contribution is -2.21. The number of hydrogen-bond donors (Lipinski definition) is 1. The van der Waals surface area contributed by atoms with E-state index in [4.69, 9.17) is 5.26 Å². The quantitative estimate of drug-likeness (QED) is 0.188. The average Bonchev–Trinajstić information content (AvgIpc) is 3.01. The predicted molar refractivity (Wildman–Crippen MR) is 115 cm³/mol. The molecule has 0 aromatic carbocycles. The zero-order valence-corrected chi connectivity index (χ0v) is 18.0. The molecule has 0 radical (unpaired) electrons. The van der Waals surface area contributed by atoms with Gasteiger partial charge in [0.15, 0.2) is 0 Å². The van der Waals surface area contributed by atoms with E-state index in [9.17, 15) is 0 Å². The van der Waals surface area contributed by atoms with Crippen molar-refractivity contribution in [3.8, 4) is 5.40 Å². The number of rotatable bonds is 15. The monoisotopic (exact) mass is 368 g/mol. The second-order valence-electron chi connectivity index (χ2n) is 7.89. The Kier molecular flexibility index (Phi) is 20.0. The van der Waals surface area contributed by atoms with E-state index in [2.05, 4.69) is 31.4 Å². The molecule has 1 atom stereocenters. The summed E-state index contributed by atoms with van der Waals surface area (Å²) in [6, 6.07) is 0. The SMILES string of the molecule is CCCCCCCCCCCCCCCCN1CCC(C)C1.N#CS. The Hall–Kier alpha value is -0.200. The average molecular weight is 369 g/mol. The van der Waals surface area contributed by atoms with E-state index >= 15 is 0 Å². The van der Waals surface area contributed by atoms with Crippen molar-refractivity contribution in [1.29, 1.82) is 5.26 Å². The summed E-state index contributed by atoms with van der Waals surface area (Å²) in [6.07, 6.45) is 21.9. The minimum Gasteiger partial charge on any atom is -0.303 e. The van der Waals surface area contributed by atoms with Gasteiger partial charge in [-0.2, -0.15) is 5.26 Å². The third-order valence-electron chi connectivity index (χ3n) is 5.34. The van der Waals surface area contributed by atoms with Gasteiger partial charge in [0.1, 0.15) is 5.40 Å². The van der Waals surface area contributed by atoms with Gasteiger partial charge in [0, 0.05) is 6.54 Å². The highest BCUT2D eigenvalue weighted by Gasteiger charge is 2.17. The molecule has 2 nitrogen and oxygen atoms in total. The maximum Gasteiger partial charge on any atom is 0.130 e. The highest BCUT2D eigenvalue weighted by atomic mass is 32.1. The van der Waals surface area contributed by atoms with Crippen LogP contribution >= 0.6 is 12.6 Å². The van der Waals surface area contributed by atoms with Crippen LogP contribution in [0.5, 0.6) is 0 Å². The van der Waals surface area contributed by atoms with Gasteiger partial charge in [0.05, 0.1) is 0 Å². The summed E-state index contributed by atoms with van der Waals surface area (Å²) < 4.78 is 0. The number of nitrogens with zero attached hydrogens (tertiary/aromatic N) is 2. The van der Waals surface area contributed by atoms with Crippen molar-refractivity contribution in [1.82, 2.24) is 4.90 Å². The Morgan fingerprint density at radius 2 is 1.24 bits per heavy atom. The molecule has 0 aliphatic carbocycles. The lowest BCUT2D eigenvalue weighted by molar-refractivity contribution is 0.317. The molecule has 1 saturated heterocycles. The van der Waals surface area contributed by atoms with E-state index in [1.807, 2.05) is 0 Å². The third kappa shape index (κ3) is 18.4. The van der Waals surface area contributed by atoms with E-state index in [0.29, 0.717) is 0 Å². The van der Waals surface area contributed by atoms with Crippen molar-refractivity contribution in [2.24, 2.45) is 5.92 Å². The molecule has 148 valence electrons. The first-order valence-corrected chi connectivity index (χ1v) is 11.4. The van der Waals surface area contributed by atoms with Crippen LogP contribution in [0, 0.1) is 16.6 Å². The minimum atomic E-state index is 0.951. The Morgan fingerprint density at radius 3 is 1.60 bits per heavy atom. The first kappa shape index (κ1) is 24.8. The molecule has 1 unspecified atom stereocenters. The molecule has 1 rings (SSSR count). The fraction of sp³-hybridized carbons (Fsp3) is 0.955. The molecule has 25 heavy (non-hydrogen) atoms. The second-order valence-corrected chi connectivity index (χ2v) is 8.09. The molecule has 1 aliphatic heterocycles. The Morgan fingerprint density at radius 1 is 0.840 bits per heavy atom. The molecule has 0 aromatic rings. The van der Waals surface area contributed by atoms with Gasteiger partial charge in [-0.05, 0) is 31.8 Å². The minimum absolute atomic E-state index is 0.951. The standard InChI is InChI=1S/C21H43N.CHNS/c1-3-4-5-6-7-8-9-10-11-12-13-14-15-16-18-22-19-17-21(2)20-22;2-1-3/h21H,3-20H2,1-2H3;3H. The van der Waals surface area contributed by atoms with Crippen LogP contribution in [0.4, 0.5) is 0 Å². The van der Waals surface area contributed by atoms with Gasteiger partial charge in [0.25, 0.3) is 0 Å². The zero-order valence-electron chi connectivity index (χ0n) is 17.1. The highest BCUT2D eigenvalue weighted by molar-refractivity contribution is 7.85. The van der Waals surface area contributed by atoms with E-state index in [-0.39, 0.29) is 0 Å². The summed E-state index contributed by atoms with van der Waals surface area (Å²) in [6.45, 7) is 8.78. The summed E-state index contributed by atoms with van der Waals surface area (Å²) in [4.78, 5) is 2.67. The summed E-state index contributed by atoms with van der Waals surface area (Å²) in [5.74, 6) is 0.951. The van der Waals surface area contributed by atoms with Gasteiger partial charge in [-0.15, -0.1) is 0 Å². The fourth-order valence-corrected chi connectivity index (χ4v) is 3.76. The van der Waals surface area contributed by atoms with Crippen molar-refractivity contribution in [3.63, 3.8) is 0 Å². The van der Waals surface area contributed by atoms with Gasteiger partial charge in [-0.25, -0.2) is 0 Å². The lowest BCUT2D eigenvalue weighted by atomic mass is 10.0. The third-order valence-corrected chi connectivity index (χ3v) is 5.34. The largest absolute Gasteiger partial charge is 0.303 e. The Labute approximate surface area is 164 Å². The van der Waals surface area contributed by atoms with Crippen LogP contribution in [0.2, 0.25) is 0 Å². The number of hydrogen-bond acceptors (Lipinski definition) is 3. The maximum absolute atomic E-state index is 7.18. The topological polar surface area (TPSA) is 27.0 Å². The fourth-order valence-electron chi connectivity index (χ4n) is 3.76. The molecular formula is C22H44N2S. The Bertz CT molecular complexity index is 301. The molecule has 1 fully saturated rings. The number of likely N-dealkylation sites (tertiary alicyclic amines) is 1. The van der Waals surface area contributed by atoms with Crippen LogP contribution in [-0.4, -0.2) is 24.5 Å². The molecule has 0 amide bonds. The van der Waals surface area contributed by atoms with Gasteiger partial charge in [-0.1, -0.05) is 110 Å². The predicted octanol–water partition coefficient (Wildman–Crippen LogP) is 7.21. The van der Waals surface area contributed by atoms with Crippen LogP contribution in [0.15, 0.2) is 0 Å². The lowest BCUT2D eigenvalue weighted by Gasteiger charge is -2.14. The molecule has 3 heteroatoms. The molecule has 0 aromatic heterocycles. The van der Waals surface area contributed by atoms with Gasteiger partial charge < -0.3 is 4.90 Å². The van der Waals surface area contributed by atoms with Crippen LogP contribution in [0.1, 0.15) is 110 Å². The first-order valence-electron chi connectivity index (χ1n) is 11.0. The number of thiocyanates is 1. The van der Waals surface area contributed by atoms with E-state index < -0.39 is 0 Å². The summed E-state index contributed by atoms with van der Waals surface area (Å²) in [7, 11) is 0. The zero-order chi connectivity index (χ0) is 18.6. The van der Waals surface area contributed by atoms with Gasteiger partial charge in [0.2, 0.25) is 0 Å². The van der Waals surface area contributed by atoms with Gasteiger partial charge in [-0.3, -0.25) is 0 Å². The summed E-state index contributed by atoms with van der Waals surface area (Å²) in [5, 5.41) is 8.63. The van der Waals surface area contributed by atoms with Crippen LogP contribution < -0.4 is 0 Å². The number of unbranched alkanes of at least 4 members (excludes halogenated alkanes) is 13. The summed E-state index contributed by atoms with van der Waals surface area (Å²) in [5.41, 5.74) is 0. The smallest absolute Gasteiger partial charge is 0.130 e. The molecule has 1 heterocycles. The van der Waals surface area contributed by atoms with Crippen molar-refractivity contribution >= 4 is 12.6 Å². The summed E-state index contributed by atoms with van der Waals surface area (Å²) >= 11 is 3.09. The molecule has 0 bridgehead atoms. The number of nitriles is 1. The van der Waals surface area contributed by atoms with Crippen molar-refractivity contribution in [2.75, 3.05) is 19.6 Å². The first-order chi connectivity index (χ1) is 12.2. The van der Waals surface area contributed by atoms with Crippen molar-refractivity contribution in [2.45, 2.75) is 110 Å². The van der Waals surface area contributed by atoms with E-state index in [0.717, 1.165) is 5.92 Å². The van der Waals surface area contributed by atoms with Crippen LogP contribution in [0.3, 0.4) is 0 Å². The molecule has 0 N–H and O–H groups in total. The van der Waals surface area contributed by atoms with E-state index in [1.165, 1.54) is 121 Å². The number of thiol groups is 1. The second kappa shape index (κ2) is 20.1. The molecule has 0 spiro atoms. The van der Waals surface area contributed by atoms with Gasteiger partial charge >= 0.3 is 0 Å². The van der Waals surface area contributed by atoms with Crippen molar-refractivity contribution in [3.05, 3.63) is 0 Å².